The summed E-state index contributed by atoms with van der Waals surface area (Å²) in [6.45, 7) is 3.26. The molecule has 0 aliphatic carbocycles. The van der Waals surface area contributed by atoms with Crippen LogP contribution in [-0.4, -0.2) is 30.8 Å². The lowest BCUT2D eigenvalue weighted by atomic mass is 9.98. The van der Waals surface area contributed by atoms with Crippen LogP contribution in [0, 0.1) is 5.92 Å². The Labute approximate surface area is 134 Å². The molecule has 0 aromatic carbocycles. The van der Waals surface area contributed by atoms with Crippen LogP contribution in [0.4, 0.5) is 5.82 Å². The minimum Gasteiger partial charge on any atom is -0.307 e. The number of halogens is 1. The van der Waals surface area contributed by atoms with Crippen LogP contribution in [0.1, 0.15) is 32.6 Å². The predicted molar refractivity (Wildman–Crippen MR) is 86.1 cm³/mol. The molecule has 6 nitrogen and oxygen atoms in total. The summed E-state index contributed by atoms with van der Waals surface area (Å²) in [6, 6.07) is 1.54. The highest BCUT2D eigenvalue weighted by Crippen LogP contribution is 2.29. The molecular weight excluding hydrogens is 356 g/mol. The molecule has 2 rings (SSSR count). The third-order valence-corrected chi connectivity index (χ3v) is 6.30. The highest BCUT2D eigenvalue weighted by Gasteiger charge is 2.29. The first-order valence-electron chi connectivity index (χ1n) is 7.11. The molecule has 0 bridgehead atoms. The van der Waals surface area contributed by atoms with E-state index in [9.17, 15) is 8.42 Å². The van der Waals surface area contributed by atoms with E-state index in [2.05, 4.69) is 33.3 Å². The van der Waals surface area contributed by atoms with Gasteiger partial charge >= 0.3 is 0 Å². The summed E-state index contributed by atoms with van der Waals surface area (Å²) in [5.74, 6) is 6.18. The Morgan fingerprint density at radius 1 is 1.48 bits per heavy atom. The van der Waals surface area contributed by atoms with Crippen molar-refractivity contribution in [3.63, 3.8) is 0 Å². The van der Waals surface area contributed by atoms with E-state index in [1.165, 1.54) is 6.20 Å². The molecular formula is C13H21BrN4O2S. The van der Waals surface area contributed by atoms with E-state index in [1.54, 1.807) is 10.4 Å². The largest absolute Gasteiger partial charge is 0.307 e. The summed E-state index contributed by atoms with van der Waals surface area (Å²) in [5, 5.41) is 0. The van der Waals surface area contributed by atoms with Crippen LogP contribution in [0.3, 0.4) is 0 Å². The first kappa shape index (κ1) is 16.7. The molecule has 0 amide bonds. The smallest absolute Gasteiger partial charge is 0.246 e. The molecule has 0 saturated carbocycles. The molecule has 21 heavy (non-hydrogen) atoms. The van der Waals surface area contributed by atoms with Gasteiger partial charge in [0.2, 0.25) is 10.0 Å². The molecule has 1 unspecified atom stereocenters. The van der Waals surface area contributed by atoms with Gasteiger partial charge < -0.3 is 5.43 Å². The van der Waals surface area contributed by atoms with Gasteiger partial charge in [-0.1, -0.05) is 13.3 Å². The average molecular weight is 377 g/mol. The third kappa shape index (κ3) is 3.74. The molecule has 0 spiro atoms. The number of nitrogens with two attached hydrogens (primary N) is 1. The van der Waals surface area contributed by atoms with E-state index in [4.69, 9.17) is 5.84 Å². The van der Waals surface area contributed by atoms with Gasteiger partial charge in [0.15, 0.2) is 5.82 Å². The molecule has 1 aliphatic rings. The number of hydrogen-bond acceptors (Lipinski definition) is 5. The van der Waals surface area contributed by atoms with E-state index in [0.29, 0.717) is 23.5 Å². The number of nitrogens with one attached hydrogen (secondary N) is 1. The lowest BCUT2D eigenvalue weighted by molar-refractivity contribution is 0.407. The lowest BCUT2D eigenvalue weighted by Crippen LogP contribution is -2.33. The summed E-state index contributed by atoms with van der Waals surface area (Å²) in [7, 11) is -3.58. The summed E-state index contributed by atoms with van der Waals surface area (Å²) in [6.07, 6.45) is 5.50. The molecule has 0 radical (unpaired) electrons. The zero-order chi connectivity index (χ0) is 15.5. The van der Waals surface area contributed by atoms with Crippen molar-refractivity contribution in [3.8, 4) is 0 Å². The number of aromatic nitrogens is 1. The number of sulfonamides is 1. The van der Waals surface area contributed by atoms with Crippen molar-refractivity contribution < 1.29 is 8.42 Å². The van der Waals surface area contributed by atoms with Gasteiger partial charge in [-0.3, -0.25) is 0 Å². The molecule has 1 aromatic heterocycles. The first-order valence-corrected chi connectivity index (χ1v) is 9.34. The zero-order valence-electron chi connectivity index (χ0n) is 12.0. The number of anilines is 1. The van der Waals surface area contributed by atoms with E-state index in [-0.39, 0.29) is 10.7 Å². The monoisotopic (exact) mass is 376 g/mol. The van der Waals surface area contributed by atoms with Crippen molar-refractivity contribution in [1.82, 2.24) is 9.29 Å². The van der Waals surface area contributed by atoms with Crippen molar-refractivity contribution in [3.05, 3.63) is 16.7 Å². The molecule has 1 atom stereocenters. The number of nitrogens with zero attached hydrogens (tertiary/aromatic N) is 2. The maximum Gasteiger partial charge on any atom is 0.246 e. The normalized spacial score (nSPS) is 21.0. The van der Waals surface area contributed by atoms with Crippen molar-refractivity contribution in [2.75, 3.05) is 18.5 Å². The minimum atomic E-state index is -3.58. The second-order valence-corrected chi connectivity index (χ2v) is 8.08. The Bertz CT molecular complexity index is 594. The van der Waals surface area contributed by atoms with E-state index in [0.717, 1.165) is 25.7 Å². The van der Waals surface area contributed by atoms with Crippen LogP contribution in [0.25, 0.3) is 0 Å². The van der Waals surface area contributed by atoms with Crippen molar-refractivity contribution in [2.24, 2.45) is 11.8 Å². The van der Waals surface area contributed by atoms with Crippen LogP contribution in [-0.2, 0) is 10.0 Å². The van der Waals surface area contributed by atoms with Gasteiger partial charge in [-0.2, -0.15) is 4.31 Å². The average Bonchev–Trinajstić information content (AvgIpc) is 2.73. The van der Waals surface area contributed by atoms with Gasteiger partial charge in [0.05, 0.1) is 0 Å². The molecule has 1 fully saturated rings. The summed E-state index contributed by atoms with van der Waals surface area (Å²) < 4.78 is 27.8. The van der Waals surface area contributed by atoms with E-state index < -0.39 is 10.0 Å². The maximum absolute atomic E-state index is 12.8. The Balaban J connectivity index is 2.31. The van der Waals surface area contributed by atoms with Crippen molar-refractivity contribution in [2.45, 2.75) is 37.5 Å². The Hall–Kier alpha value is -0.700. The van der Waals surface area contributed by atoms with Crippen LogP contribution in [0.15, 0.2) is 21.6 Å². The Morgan fingerprint density at radius 3 is 2.90 bits per heavy atom. The van der Waals surface area contributed by atoms with E-state index >= 15 is 0 Å². The Kier molecular flexibility index (Phi) is 5.59. The zero-order valence-corrected chi connectivity index (χ0v) is 14.5. The van der Waals surface area contributed by atoms with Crippen LogP contribution < -0.4 is 11.3 Å². The van der Waals surface area contributed by atoms with Gasteiger partial charge in [0, 0.05) is 23.8 Å². The summed E-state index contributed by atoms with van der Waals surface area (Å²) in [5.41, 5.74) is 2.37. The SMILES string of the molecule is CCC1CCCN(S(=O)(=O)c2cc(Br)cnc2NN)CC1. The molecule has 1 aromatic rings. The highest BCUT2D eigenvalue weighted by molar-refractivity contribution is 9.10. The van der Waals surface area contributed by atoms with Gasteiger partial charge in [0.1, 0.15) is 4.90 Å². The number of pyridine rings is 1. The van der Waals surface area contributed by atoms with E-state index in [1.807, 2.05) is 0 Å². The van der Waals surface area contributed by atoms with Crippen molar-refractivity contribution >= 4 is 31.8 Å². The summed E-state index contributed by atoms with van der Waals surface area (Å²) >= 11 is 3.26. The Morgan fingerprint density at radius 2 is 2.24 bits per heavy atom. The standard InChI is InChI=1S/C13H21BrN4O2S/c1-2-10-4-3-6-18(7-5-10)21(19,20)12-8-11(14)9-16-13(12)17-15/h8-10H,2-7,15H2,1H3,(H,16,17). The van der Waals surface area contributed by atoms with Crippen LogP contribution in [0.5, 0.6) is 0 Å². The minimum absolute atomic E-state index is 0.120. The molecule has 118 valence electrons. The molecule has 1 aliphatic heterocycles. The first-order chi connectivity index (χ1) is 9.98. The van der Waals surface area contributed by atoms with Gasteiger partial charge in [-0.25, -0.2) is 19.2 Å². The van der Waals surface area contributed by atoms with Crippen LogP contribution >= 0.6 is 15.9 Å². The summed E-state index contributed by atoms with van der Waals surface area (Å²) in [4.78, 5) is 4.14. The lowest BCUT2D eigenvalue weighted by Gasteiger charge is -2.21. The number of hydrazine groups is 1. The predicted octanol–water partition coefficient (Wildman–Crippen LogP) is 2.33. The molecule has 8 heteroatoms. The fourth-order valence-corrected chi connectivity index (χ4v) is 4.76. The number of nitrogen functional groups attached to an aromatic ring is 1. The quantitative estimate of drug-likeness (QED) is 0.621. The van der Waals surface area contributed by atoms with Crippen molar-refractivity contribution in [1.29, 1.82) is 0 Å². The maximum atomic E-state index is 12.8. The second kappa shape index (κ2) is 7.04. The molecule has 3 N–H and O–H groups in total. The molecule has 1 saturated heterocycles. The topological polar surface area (TPSA) is 88.3 Å². The highest BCUT2D eigenvalue weighted by atomic mass is 79.9. The third-order valence-electron chi connectivity index (χ3n) is 3.96. The fraction of sp³-hybridized carbons (Fsp3) is 0.615. The number of hydrogen-bond donors (Lipinski definition) is 2. The van der Waals surface area contributed by atoms with Gasteiger partial charge in [-0.15, -0.1) is 0 Å². The molecule has 2 heterocycles. The number of rotatable bonds is 4. The van der Waals surface area contributed by atoms with Gasteiger partial charge in [0.25, 0.3) is 0 Å². The second-order valence-electron chi connectivity index (χ2n) is 5.25. The van der Waals surface area contributed by atoms with Crippen LogP contribution in [0.2, 0.25) is 0 Å². The van der Waals surface area contributed by atoms with Gasteiger partial charge in [-0.05, 0) is 47.2 Å². The fourth-order valence-electron chi connectivity index (χ4n) is 2.65.